The van der Waals surface area contributed by atoms with Gasteiger partial charge in [-0.2, -0.15) is 0 Å². The van der Waals surface area contributed by atoms with E-state index in [2.05, 4.69) is 0 Å². The molecule has 0 fully saturated rings. The Balaban J connectivity index is 2.06. The third-order valence-corrected chi connectivity index (χ3v) is 1.97. The Morgan fingerprint density at radius 2 is 2.00 bits per heavy atom. The first kappa shape index (κ1) is 12.4. The van der Waals surface area contributed by atoms with Crippen LogP contribution in [0, 0.1) is 10.1 Å². The highest BCUT2D eigenvalue weighted by atomic mass is 16.6. The fourth-order valence-electron chi connectivity index (χ4n) is 1.18. The van der Waals surface area contributed by atoms with Gasteiger partial charge in [0.2, 0.25) is 6.54 Å². The molecule has 0 N–H and O–H groups in total. The molecule has 0 amide bonds. The molecule has 0 atom stereocenters. The van der Waals surface area contributed by atoms with Crippen LogP contribution in [0.5, 0.6) is 0 Å². The molecule has 0 unspecified atom stereocenters. The molecule has 1 rings (SSSR count). The van der Waals surface area contributed by atoms with Crippen LogP contribution < -0.4 is 0 Å². The van der Waals surface area contributed by atoms with Crippen LogP contribution in [0.4, 0.5) is 0 Å². The molecule has 0 bridgehead atoms. The van der Waals surface area contributed by atoms with Gasteiger partial charge in [-0.15, -0.1) is 0 Å². The highest BCUT2D eigenvalue weighted by Crippen LogP contribution is 2.00. The summed E-state index contributed by atoms with van der Waals surface area (Å²) in [6.45, 7) is 1.04. The average Bonchev–Trinajstić information content (AvgIpc) is 2.29. The molecule has 0 aliphatic carbocycles. The number of nitrogens with zero attached hydrogens (tertiary/aromatic N) is 1. The molecule has 0 aliphatic rings. The van der Waals surface area contributed by atoms with Crippen LogP contribution in [0.1, 0.15) is 12.0 Å². The lowest BCUT2D eigenvalue weighted by Crippen LogP contribution is -1.98. The van der Waals surface area contributed by atoms with Gasteiger partial charge >= 0.3 is 0 Å². The van der Waals surface area contributed by atoms with Crippen molar-refractivity contribution in [1.82, 2.24) is 0 Å². The molecule has 4 heteroatoms. The van der Waals surface area contributed by atoms with E-state index in [0.717, 1.165) is 5.56 Å². The highest BCUT2D eigenvalue weighted by Gasteiger charge is 1.91. The molecular weight excluding hydrogens is 206 g/mol. The number of rotatable bonds is 7. The van der Waals surface area contributed by atoms with E-state index >= 15 is 0 Å². The SMILES string of the molecule is O=[N+]([O-])CC/C=C/COCc1ccccc1. The van der Waals surface area contributed by atoms with E-state index < -0.39 is 0 Å². The summed E-state index contributed by atoms with van der Waals surface area (Å²) < 4.78 is 5.37. The van der Waals surface area contributed by atoms with E-state index in [4.69, 9.17) is 4.74 Å². The van der Waals surface area contributed by atoms with E-state index in [1.807, 2.05) is 36.4 Å². The van der Waals surface area contributed by atoms with Gasteiger partial charge in [0.05, 0.1) is 13.2 Å². The summed E-state index contributed by atoms with van der Waals surface area (Å²) in [6, 6.07) is 9.88. The van der Waals surface area contributed by atoms with Crippen LogP contribution in [0.3, 0.4) is 0 Å². The number of hydrogen-bond donors (Lipinski definition) is 0. The molecule has 0 spiro atoms. The predicted octanol–water partition coefficient (Wildman–Crippen LogP) is 2.43. The fourth-order valence-corrected chi connectivity index (χ4v) is 1.18. The zero-order chi connectivity index (χ0) is 11.6. The van der Waals surface area contributed by atoms with Crippen molar-refractivity contribution in [2.24, 2.45) is 0 Å². The Morgan fingerprint density at radius 3 is 2.69 bits per heavy atom. The summed E-state index contributed by atoms with van der Waals surface area (Å²) in [5.74, 6) is 0. The summed E-state index contributed by atoms with van der Waals surface area (Å²) >= 11 is 0. The second kappa shape index (κ2) is 7.59. The zero-order valence-electron chi connectivity index (χ0n) is 9.04. The van der Waals surface area contributed by atoms with Gasteiger partial charge in [0, 0.05) is 11.3 Å². The van der Waals surface area contributed by atoms with Gasteiger partial charge in [-0.1, -0.05) is 42.5 Å². The first-order valence-electron chi connectivity index (χ1n) is 5.17. The largest absolute Gasteiger partial charge is 0.373 e. The molecule has 0 saturated carbocycles. The van der Waals surface area contributed by atoms with Crippen LogP contribution in [0.25, 0.3) is 0 Å². The van der Waals surface area contributed by atoms with Gasteiger partial charge in [0.1, 0.15) is 0 Å². The van der Waals surface area contributed by atoms with Crippen LogP contribution in [0.15, 0.2) is 42.5 Å². The summed E-state index contributed by atoms with van der Waals surface area (Å²) in [5.41, 5.74) is 1.13. The van der Waals surface area contributed by atoms with Crippen molar-refractivity contribution in [3.05, 3.63) is 58.2 Å². The van der Waals surface area contributed by atoms with E-state index in [1.54, 1.807) is 6.08 Å². The topological polar surface area (TPSA) is 52.4 Å². The maximum Gasteiger partial charge on any atom is 0.207 e. The lowest BCUT2D eigenvalue weighted by Gasteiger charge is -2.00. The van der Waals surface area contributed by atoms with Crippen LogP contribution >= 0.6 is 0 Å². The zero-order valence-corrected chi connectivity index (χ0v) is 9.04. The van der Waals surface area contributed by atoms with E-state index in [-0.39, 0.29) is 11.5 Å². The van der Waals surface area contributed by atoms with Crippen LogP contribution in [-0.2, 0) is 11.3 Å². The molecule has 4 nitrogen and oxygen atoms in total. The smallest absolute Gasteiger partial charge is 0.207 e. The second-order valence-corrected chi connectivity index (χ2v) is 3.32. The number of nitro groups is 1. The first-order chi connectivity index (χ1) is 7.79. The van der Waals surface area contributed by atoms with E-state index in [0.29, 0.717) is 19.6 Å². The third kappa shape index (κ3) is 5.93. The van der Waals surface area contributed by atoms with Gasteiger partial charge in [-0.05, 0) is 5.56 Å². The quantitative estimate of drug-likeness (QED) is 0.307. The van der Waals surface area contributed by atoms with Crippen molar-refractivity contribution in [3.8, 4) is 0 Å². The Labute approximate surface area is 94.7 Å². The number of benzene rings is 1. The molecule has 0 radical (unpaired) electrons. The Hall–Kier alpha value is -1.68. The molecule has 1 aromatic carbocycles. The maximum absolute atomic E-state index is 10.0. The second-order valence-electron chi connectivity index (χ2n) is 3.32. The molecule has 86 valence electrons. The van der Waals surface area contributed by atoms with Crippen molar-refractivity contribution < 1.29 is 9.66 Å². The van der Waals surface area contributed by atoms with E-state index in [9.17, 15) is 10.1 Å². The summed E-state index contributed by atoms with van der Waals surface area (Å²) in [4.78, 5) is 9.69. The van der Waals surface area contributed by atoms with Crippen molar-refractivity contribution in [1.29, 1.82) is 0 Å². The van der Waals surface area contributed by atoms with Crippen molar-refractivity contribution in [2.45, 2.75) is 13.0 Å². The molecule has 0 saturated heterocycles. The summed E-state index contributed by atoms with van der Waals surface area (Å²) in [5, 5.41) is 10.0. The Morgan fingerprint density at radius 1 is 1.25 bits per heavy atom. The standard InChI is InChI=1S/C12H15NO3/c14-13(15)9-5-2-6-10-16-11-12-7-3-1-4-8-12/h1-4,6-8H,5,9-11H2/b6-2+. The van der Waals surface area contributed by atoms with Gasteiger partial charge < -0.3 is 4.74 Å². The first-order valence-corrected chi connectivity index (χ1v) is 5.17. The van der Waals surface area contributed by atoms with Crippen molar-refractivity contribution >= 4 is 0 Å². The fraction of sp³-hybridized carbons (Fsp3) is 0.333. The minimum atomic E-state index is -0.324. The highest BCUT2D eigenvalue weighted by molar-refractivity contribution is 5.13. The lowest BCUT2D eigenvalue weighted by atomic mass is 10.2. The van der Waals surface area contributed by atoms with Crippen LogP contribution in [-0.4, -0.2) is 18.1 Å². The summed E-state index contributed by atoms with van der Waals surface area (Å²) in [6.07, 6.45) is 4.04. The minimum absolute atomic E-state index is 0.0187. The normalized spacial score (nSPS) is 10.8. The van der Waals surface area contributed by atoms with Gasteiger partial charge in [-0.25, -0.2) is 0 Å². The third-order valence-electron chi connectivity index (χ3n) is 1.97. The Bertz CT molecular complexity index is 335. The van der Waals surface area contributed by atoms with Crippen molar-refractivity contribution in [3.63, 3.8) is 0 Å². The van der Waals surface area contributed by atoms with Gasteiger partial charge in [0.25, 0.3) is 0 Å². The van der Waals surface area contributed by atoms with Gasteiger partial charge in [0.15, 0.2) is 0 Å². The average molecular weight is 221 g/mol. The molecule has 0 aliphatic heterocycles. The number of ether oxygens (including phenoxy) is 1. The minimum Gasteiger partial charge on any atom is -0.373 e. The molecular formula is C12H15NO3. The lowest BCUT2D eigenvalue weighted by molar-refractivity contribution is -0.478. The molecule has 0 heterocycles. The Kier molecular flexibility index (Phi) is 5.88. The molecule has 16 heavy (non-hydrogen) atoms. The number of hydrogen-bond acceptors (Lipinski definition) is 3. The van der Waals surface area contributed by atoms with E-state index in [1.165, 1.54) is 0 Å². The van der Waals surface area contributed by atoms with Gasteiger partial charge in [-0.3, -0.25) is 10.1 Å². The molecule has 0 aromatic heterocycles. The molecule has 1 aromatic rings. The summed E-state index contributed by atoms with van der Waals surface area (Å²) in [7, 11) is 0. The maximum atomic E-state index is 10.0. The van der Waals surface area contributed by atoms with Crippen molar-refractivity contribution in [2.75, 3.05) is 13.2 Å². The monoisotopic (exact) mass is 221 g/mol. The van der Waals surface area contributed by atoms with Crippen LogP contribution in [0.2, 0.25) is 0 Å². The predicted molar refractivity (Wildman–Crippen MR) is 61.7 cm³/mol.